The maximum absolute atomic E-state index is 12.4. The number of benzene rings is 1. The molecule has 1 aliphatic rings. The Balaban J connectivity index is 1.87. The number of nitrogens with zero attached hydrogens (tertiary/aromatic N) is 1. The molecule has 1 unspecified atom stereocenters. The Morgan fingerprint density at radius 1 is 1.38 bits per heavy atom. The quantitative estimate of drug-likeness (QED) is 0.905. The predicted octanol–water partition coefficient (Wildman–Crippen LogP) is 2.49. The minimum absolute atomic E-state index is 0.135. The number of aliphatic hydroxyl groups excluding tert-OH is 1. The van der Waals surface area contributed by atoms with Crippen LogP contribution in [-0.4, -0.2) is 18.5 Å². The number of sulfonamides is 1. The molecule has 7 heteroatoms. The highest BCUT2D eigenvalue weighted by molar-refractivity contribution is 7.93. The van der Waals surface area contributed by atoms with Gasteiger partial charge in [-0.05, 0) is 43.9 Å². The van der Waals surface area contributed by atoms with Crippen LogP contribution in [0.4, 0.5) is 5.13 Å². The number of aliphatic hydroxyl groups is 1. The van der Waals surface area contributed by atoms with E-state index in [2.05, 4.69) is 9.71 Å². The summed E-state index contributed by atoms with van der Waals surface area (Å²) in [7, 11) is -3.67. The van der Waals surface area contributed by atoms with Crippen molar-refractivity contribution in [3.05, 3.63) is 40.4 Å². The minimum atomic E-state index is -3.67. The summed E-state index contributed by atoms with van der Waals surface area (Å²) in [6, 6.07) is 6.31. The molecule has 3 rings (SSSR count). The zero-order valence-corrected chi connectivity index (χ0v) is 13.2. The lowest BCUT2D eigenvalue weighted by molar-refractivity contribution is 0.199. The molecule has 21 heavy (non-hydrogen) atoms. The summed E-state index contributed by atoms with van der Waals surface area (Å²) >= 11 is 1.40. The summed E-state index contributed by atoms with van der Waals surface area (Å²) in [4.78, 5) is 5.64. The van der Waals surface area contributed by atoms with Gasteiger partial charge in [0, 0.05) is 4.88 Å². The molecular formula is C14H16N2O3S2. The van der Waals surface area contributed by atoms with E-state index in [9.17, 15) is 13.5 Å². The molecule has 1 aromatic heterocycles. The van der Waals surface area contributed by atoms with Crippen LogP contribution in [-0.2, 0) is 22.9 Å². The molecule has 1 atom stereocenters. The SMILES string of the molecule is CC(O)c1cccc(S(=O)(=O)Nc2nc3c(s2)CCC3)c1. The van der Waals surface area contributed by atoms with Crippen LogP contribution in [0.25, 0.3) is 0 Å². The van der Waals surface area contributed by atoms with Crippen molar-refractivity contribution in [3.63, 3.8) is 0 Å². The van der Waals surface area contributed by atoms with Crippen LogP contribution in [0, 0.1) is 0 Å². The van der Waals surface area contributed by atoms with Crippen LogP contribution in [0.2, 0.25) is 0 Å². The Hall–Kier alpha value is -1.44. The van der Waals surface area contributed by atoms with Crippen LogP contribution < -0.4 is 4.72 Å². The van der Waals surface area contributed by atoms with Gasteiger partial charge in [-0.25, -0.2) is 13.4 Å². The van der Waals surface area contributed by atoms with Gasteiger partial charge in [-0.1, -0.05) is 12.1 Å². The highest BCUT2D eigenvalue weighted by Crippen LogP contribution is 2.31. The van der Waals surface area contributed by atoms with E-state index in [-0.39, 0.29) is 4.90 Å². The summed E-state index contributed by atoms with van der Waals surface area (Å²) < 4.78 is 27.3. The number of hydrogen-bond donors (Lipinski definition) is 2. The van der Waals surface area contributed by atoms with Gasteiger partial charge in [0.15, 0.2) is 5.13 Å². The van der Waals surface area contributed by atoms with Crippen molar-refractivity contribution >= 4 is 26.5 Å². The molecule has 1 aliphatic carbocycles. The molecule has 2 aromatic rings. The number of fused-ring (bicyclic) bond motifs is 1. The van der Waals surface area contributed by atoms with Crippen LogP contribution >= 0.6 is 11.3 Å². The van der Waals surface area contributed by atoms with E-state index < -0.39 is 16.1 Å². The third kappa shape index (κ3) is 2.95. The smallest absolute Gasteiger partial charge is 0.263 e. The zero-order valence-electron chi connectivity index (χ0n) is 11.5. The lowest BCUT2D eigenvalue weighted by Crippen LogP contribution is -2.13. The molecule has 0 saturated carbocycles. The number of aryl methyl sites for hydroxylation is 2. The van der Waals surface area contributed by atoms with E-state index in [1.54, 1.807) is 19.1 Å². The predicted molar refractivity (Wildman–Crippen MR) is 82.0 cm³/mol. The molecule has 1 aromatic carbocycles. The van der Waals surface area contributed by atoms with E-state index in [1.165, 1.54) is 28.3 Å². The monoisotopic (exact) mass is 324 g/mol. The summed E-state index contributed by atoms with van der Waals surface area (Å²) in [5.41, 5.74) is 1.58. The Bertz CT molecular complexity index is 745. The fraction of sp³-hybridized carbons (Fsp3) is 0.357. The van der Waals surface area contributed by atoms with Gasteiger partial charge in [0.1, 0.15) is 0 Å². The first kappa shape index (κ1) is 14.5. The van der Waals surface area contributed by atoms with Gasteiger partial charge in [0.25, 0.3) is 10.0 Å². The zero-order chi connectivity index (χ0) is 15.0. The first-order chi connectivity index (χ1) is 9.95. The van der Waals surface area contributed by atoms with Crippen LogP contribution in [0.15, 0.2) is 29.2 Å². The Kier molecular flexibility index (Phi) is 3.73. The molecule has 1 heterocycles. The van der Waals surface area contributed by atoms with Gasteiger partial charge < -0.3 is 5.11 Å². The molecule has 0 fully saturated rings. The van der Waals surface area contributed by atoms with Crippen molar-refractivity contribution in [1.29, 1.82) is 0 Å². The van der Waals surface area contributed by atoms with Gasteiger partial charge in [-0.3, -0.25) is 4.72 Å². The van der Waals surface area contributed by atoms with Crippen LogP contribution in [0.5, 0.6) is 0 Å². The molecule has 2 N–H and O–H groups in total. The number of thiazole rings is 1. The molecule has 0 radical (unpaired) electrons. The molecule has 0 spiro atoms. The normalized spacial score (nSPS) is 15.7. The maximum Gasteiger partial charge on any atom is 0.263 e. The van der Waals surface area contributed by atoms with E-state index in [4.69, 9.17) is 0 Å². The summed E-state index contributed by atoms with van der Waals surface area (Å²) in [6.45, 7) is 1.60. The second-order valence-electron chi connectivity index (χ2n) is 5.10. The van der Waals surface area contributed by atoms with Crippen molar-refractivity contribution in [2.24, 2.45) is 0 Å². The second-order valence-corrected chi connectivity index (χ2v) is 7.86. The lowest BCUT2D eigenvalue weighted by Gasteiger charge is -2.09. The number of hydrogen-bond acceptors (Lipinski definition) is 5. The molecule has 0 saturated heterocycles. The number of aromatic nitrogens is 1. The average Bonchev–Trinajstić information content (AvgIpc) is 2.99. The van der Waals surface area contributed by atoms with Gasteiger partial charge in [0.05, 0.1) is 16.7 Å². The van der Waals surface area contributed by atoms with Crippen molar-refractivity contribution in [3.8, 4) is 0 Å². The van der Waals surface area contributed by atoms with Crippen molar-refractivity contribution in [2.45, 2.75) is 37.2 Å². The fourth-order valence-electron chi connectivity index (χ4n) is 2.35. The van der Waals surface area contributed by atoms with E-state index >= 15 is 0 Å². The standard InChI is InChI=1S/C14H16N2O3S2/c1-9(17)10-4-2-5-11(8-10)21(18,19)16-14-15-12-6-3-7-13(12)20-14/h2,4-5,8-9,17H,3,6-7H2,1H3,(H,15,16). The lowest BCUT2D eigenvalue weighted by atomic mass is 10.1. The van der Waals surface area contributed by atoms with Gasteiger partial charge in [-0.2, -0.15) is 0 Å². The first-order valence-electron chi connectivity index (χ1n) is 6.75. The molecule has 5 nitrogen and oxygen atoms in total. The summed E-state index contributed by atoms with van der Waals surface area (Å²) in [6.07, 6.45) is 2.29. The summed E-state index contributed by atoms with van der Waals surface area (Å²) in [5, 5.41) is 9.98. The number of anilines is 1. The van der Waals surface area contributed by atoms with Crippen LogP contribution in [0.1, 0.15) is 35.6 Å². The highest BCUT2D eigenvalue weighted by atomic mass is 32.2. The molecule has 0 aliphatic heterocycles. The number of rotatable bonds is 4. The Labute approximate surface area is 127 Å². The van der Waals surface area contributed by atoms with Crippen LogP contribution in [0.3, 0.4) is 0 Å². The number of nitrogens with one attached hydrogen (secondary N) is 1. The Morgan fingerprint density at radius 3 is 2.90 bits per heavy atom. The summed E-state index contributed by atoms with van der Waals surface area (Å²) in [5.74, 6) is 0. The molecule has 0 amide bonds. The van der Waals surface area contributed by atoms with E-state index in [0.717, 1.165) is 25.0 Å². The first-order valence-corrected chi connectivity index (χ1v) is 9.05. The van der Waals surface area contributed by atoms with Crippen molar-refractivity contribution < 1.29 is 13.5 Å². The van der Waals surface area contributed by atoms with Crippen molar-refractivity contribution in [2.75, 3.05) is 4.72 Å². The third-order valence-corrected chi connectivity index (χ3v) is 6.01. The molecule has 112 valence electrons. The minimum Gasteiger partial charge on any atom is -0.389 e. The Morgan fingerprint density at radius 2 is 2.19 bits per heavy atom. The van der Waals surface area contributed by atoms with Gasteiger partial charge in [-0.15, -0.1) is 11.3 Å². The van der Waals surface area contributed by atoms with Gasteiger partial charge in [0.2, 0.25) is 0 Å². The van der Waals surface area contributed by atoms with Gasteiger partial charge >= 0.3 is 0 Å². The third-order valence-electron chi connectivity index (χ3n) is 3.47. The average molecular weight is 324 g/mol. The molecular weight excluding hydrogens is 308 g/mol. The fourth-order valence-corrected chi connectivity index (χ4v) is 4.69. The van der Waals surface area contributed by atoms with E-state index in [0.29, 0.717) is 10.7 Å². The highest BCUT2D eigenvalue weighted by Gasteiger charge is 2.21. The largest absolute Gasteiger partial charge is 0.389 e. The van der Waals surface area contributed by atoms with Crippen molar-refractivity contribution in [1.82, 2.24) is 4.98 Å². The second kappa shape index (κ2) is 5.40. The maximum atomic E-state index is 12.4. The molecule has 0 bridgehead atoms. The van der Waals surface area contributed by atoms with E-state index in [1.807, 2.05) is 0 Å². The topological polar surface area (TPSA) is 79.3 Å².